The summed E-state index contributed by atoms with van der Waals surface area (Å²) in [6, 6.07) is 2.21. The molecule has 0 saturated carbocycles. The molecule has 0 aromatic carbocycles. The molecule has 0 unspecified atom stereocenters. The number of ether oxygens (including phenoxy) is 1. The van der Waals surface area contributed by atoms with E-state index in [1.165, 1.54) is 0 Å². The molecule has 11 nitrogen and oxygen atoms in total. The number of nitrogens with one attached hydrogen (secondary N) is 2. The van der Waals surface area contributed by atoms with Crippen LogP contribution in [0.3, 0.4) is 0 Å². The second-order valence-corrected chi connectivity index (χ2v) is 11.7. The molecule has 2 saturated heterocycles. The molecule has 0 aliphatic carbocycles. The Bertz CT molecular complexity index is 1180. The summed E-state index contributed by atoms with van der Waals surface area (Å²) in [5, 5.41) is 14.8. The third-order valence-corrected chi connectivity index (χ3v) is 8.56. The number of nitrogens with zero attached hydrogens (tertiary/aromatic N) is 6. The van der Waals surface area contributed by atoms with Crippen LogP contribution < -0.4 is 5.32 Å². The SMILES string of the molecule is CCn1nc(C)cc1C(=O)Nc1n[nH]c2c1CN(C(=O)N1C[C@@H](C)N(CC3CCOCC3)C[C@@H]1C)C2(C)C. The fourth-order valence-corrected chi connectivity index (χ4v) is 6.20. The summed E-state index contributed by atoms with van der Waals surface area (Å²) in [4.78, 5) is 33.5. The van der Waals surface area contributed by atoms with Crippen molar-refractivity contribution in [3.05, 3.63) is 28.7 Å². The van der Waals surface area contributed by atoms with Crippen LogP contribution in [0.2, 0.25) is 0 Å². The van der Waals surface area contributed by atoms with E-state index in [2.05, 4.69) is 39.4 Å². The number of aryl methyl sites for hydroxylation is 2. The zero-order valence-electron chi connectivity index (χ0n) is 23.6. The summed E-state index contributed by atoms with van der Waals surface area (Å²) in [5.41, 5.74) is 2.42. The molecular formula is C27H42N8O3. The summed E-state index contributed by atoms with van der Waals surface area (Å²) in [6.07, 6.45) is 2.24. The fraction of sp³-hybridized carbons (Fsp3) is 0.704. The molecule has 0 spiro atoms. The molecule has 11 heteroatoms. The molecule has 3 aliphatic rings. The van der Waals surface area contributed by atoms with Gasteiger partial charge in [0, 0.05) is 57.0 Å². The first kappa shape index (κ1) is 26.7. The van der Waals surface area contributed by atoms with Gasteiger partial charge in [-0.25, -0.2) is 4.79 Å². The van der Waals surface area contributed by atoms with Crippen LogP contribution in [0.1, 0.15) is 74.9 Å². The summed E-state index contributed by atoms with van der Waals surface area (Å²) in [5.74, 6) is 0.884. The number of anilines is 1. The maximum atomic E-state index is 14.0. The highest BCUT2D eigenvalue weighted by molar-refractivity contribution is 6.03. The van der Waals surface area contributed by atoms with Crippen LogP contribution in [-0.4, -0.2) is 91.5 Å². The molecule has 5 heterocycles. The van der Waals surface area contributed by atoms with Gasteiger partial charge in [0.2, 0.25) is 0 Å². The number of aromatic nitrogens is 4. The van der Waals surface area contributed by atoms with Gasteiger partial charge in [0.1, 0.15) is 5.69 Å². The van der Waals surface area contributed by atoms with Crippen LogP contribution in [0.4, 0.5) is 10.6 Å². The van der Waals surface area contributed by atoms with Crippen molar-refractivity contribution in [3.63, 3.8) is 0 Å². The number of urea groups is 1. The first-order valence-electron chi connectivity index (χ1n) is 13.9. The molecule has 2 fully saturated rings. The number of aromatic amines is 1. The molecule has 3 aliphatic heterocycles. The fourth-order valence-electron chi connectivity index (χ4n) is 6.20. The average molecular weight is 527 g/mol. The van der Waals surface area contributed by atoms with E-state index in [1.807, 2.05) is 37.5 Å². The normalized spacial score (nSPS) is 24.1. The van der Waals surface area contributed by atoms with Gasteiger partial charge in [0.25, 0.3) is 5.91 Å². The van der Waals surface area contributed by atoms with Crippen molar-refractivity contribution in [1.29, 1.82) is 0 Å². The van der Waals surface area contributed by atoms with Crippen LogP contribution in [-0.2, 0) is 23.4 Å². The summed E-state index contributed by atoms with van der Waals surface area (Å²) in [6.45, 7) is 17.6. The quantitative estimate of drug-likeness (QED) is 0.619. The smallest absolute Gasteiger partial charge is 0.321 e. The number of H-pyrrole nitrogens is 1. The van der Waals surface area contributed by atoms with Crippen LogP contribution in [0.5, 0.6) is 0 Å². The molecule has 2 aromatic rings. The Kier molecular flexibility index (Phi) is 7.25. The van der Waals surface area contributed by atoms with E-state index in [9.17, 15) is 9.59 Å². The largest absolute Gasteiger partial charge is 0.381 e. The molecule has 0 bridgehead atoms. The lowest BCUT2D eigenvalue weighted by atomic mass is 9.97. The minimum atomic E-state index is -0.577. The van der Waals surface area contributed by atoms with Crippen molar-refractivity contribution in [2.45, 2.75) is 85.1 Å². The molecule has 2 atom stereocenters. The molecule has 0 radical (unpaired) electrons. The van der Waals surface area contributed by atoms with Gasteiger partial charge in [-0.1, -0.05) is 0 Å². The third kappa shape index (κ3) is 4.82. The molecule has 2 aromatic heterocycles. The minimum Gasteiger partial charge on any atom is -0.381 e. The van der Waals surface area contributed by atoms with Crippen molar-refractivity contribution in [2.24, 2.45) is 5.92 Å². The monoisotopic (exact) mass is 526 g/mol. The molecule has 208 valence electrons. The Morgan fingerprint density at radius 1 is 1.18 bits per heavy atom. The molecule has 38 heavy (non-hydrogen) atoms. The zero-order chi connectivity index (χ0) is 27.2. The first-order chi connectivity index (χ1) is 18.1. The number of carbonyl (C=O) groups excluding carboxylic acids is 2. The zero-order valence-corrected chi connectivity index (χ0v) is 23.6. The van der Waals surface area contributed by atoms with Gasteiger partial charge >= 0.3 is 6.03 Å². The summed E-state index contributed by atoms with van der Waals surface area (Å²) in [7, 11) is 0. The standard InChI is InChI=1S/C27H42N8O3/c1-7-35-22(12-17(2)31-35)25(36)28-24-21-16-34(27(5,6)23(21)29-30-24)26(37)33-14-18(3)32(13-19(33)4)15-20-8-10-38-11-9-20/h12,18-20H,7-11,13-16H2,1-6H3,(H2,28,29,30,36)/t18-,19+/m1/s1. The van der Waals surface area contributed by atoms with E-state index < -0.39 is 5.54 Å². The molecule has 2 N–H and O–H groups in total. The van der Waals surface area contributed by atoms with Crippen molar-refractivity contribution in [1.82, 2.24) is 34.7 Å². The van der Waals surface area contributed by atoms with Crippen molar-refractivity contribution in [3.8, 4) is 0 Å². The Morgan fingerprint density at radius 2 is 1.92 bits per heavy atom. The molecule has 3 amide bonds. The van der Waals surface area contributed by atoms with Crippen molar-refractivity contribution < 1.29 is 14.3 Å². The Morgan fingerprint density at radius 3 is 2.63 bits per heavy atom. The number of hydrogen-bond donors (Lipinski definition) is 2. The van der Waals surface area contributed by atoms with E-state index in [0.717, 1.165) is 56.1 Å². The van der Waals surface area contributed by atoms with Gasteiger partial charge in [-0.2, -0.15) is 10.2 Å². The predicted octanol–water partition coefficient (Wildman–Crippen LogP) is 3.18. The maximum absolute atomic E-state index is 14.0. The highest BCUT2D eigenvalue weighted by atomic mass is 16.5. The lowest BCUT2D eigenvalue weighted by Crippen LogP contribution is -2.62. The number of carbonyl (C=O) groups is 2. The number of hydrogen-bond acceptors (Lipinski definition) is 6. The van der Waals surface area contributed by atoms with Crippen LogP contribution in [0.25, 0.3) is 0 Å². The number of piperazine rings is 1. The lowest BCUT2D eigenvalue weighted by molar-refractivity contribution is 0.00882. The number of amides is 3. The van der Waals surface area contributed by atoms with E-state index in [0.29, 0.717) is 43.1 Å². The van der Waals surface area contributed by atoms with E-state index >= 15 is 0 Å². The average Bonchev–Trinajstić information content (AvgIpc) is 3.54. The Balaban J connectivity index is 1.28. The number of fused-ring (bicyclic) bond motifs is 1. The van der Waals surface area contributed by atoms with E-state index in [4.69, 9.17) is 4.74 Å². The van der Waals surface area contributed by atoms with Gasteiger partial charge in [-0.15, -0.1) is 0 Å². The second kappa shape index (κ2) is 10.3. The van der Waals surface area contributed by atoms with E-state index in [1.54, 1.807) is 10.7 Å². The van der Waals surface area contributed by atoms with Crippen LogP contribution in [0.15, 0.2) is 6.07 Å². The van der Waals surface area contributed by atoms with Gasteiger partial charge < -0.3 is 19.9 Å². The first-order valence-corrected chi connectivity index (χ1v) is 13.9. The number of rotatable bonds is 5. The minimum absolute atomic E-state index is 0.0293. The Labute approximate surface area is 224 Å². The van der Waals surface area contributed by atoms with Gasteiger partial charge in [-0.3, -0.25) is 19.5 Å². The maximum Gasteiger partial charge on any atom is 0.321 e. The molecule has 5 rings (SSSR count). The van der Waals surface area contributed by atoms with Crippen molar-refractivity contribution in [2.75, 3.05) is 38.2 Å². The summed E-state index contributed by atoms with van der Waals surface area (Å²) >= 11 is 0. The summed E-state index contributed by atoms with van der Waals surface area (Å²) < 4.78 is 7.22. The van der Waals surface area contributed by atoms with Crippen LogP contribution in [0, 0.1) is 12.8 Å². The van der Waals surface area contributed by atoms with Gasteiger partial charge in [-0.05, 0) is 66.4 Å². The Hall–Kier alpha value is -2.92. The lowest BCUT2D eigenvalue weighted by Gasteiger charge is -2.47. The second-order valence-electron chi connectivity index (χ2n) is 11.7. The molecular weight excluding hydrogens is 484 g/mol. The van der Waals surface area contributed by atoms with Crippen LogP contribution >= 0.6 is 0 Å². The topological polar surface area (TPSA) is 112 Å². The highest BCUT2D eigenvalue weighted by Crippen LogP contribution is 2.41. The third-order valence-electron chi connectivity index (χ3n) is 8.56. The van der Waals surface area contributed by atoms with Gasteiger partial charge in [0.15, 0.2) is 5.82 Å². The van der Waals surface area contributed by atoms with Gasteiger partial charge in [0.05, 0.1) is 23.5 Å². The van der Waals surface area contributed by atoms with E-state index in [-0.39, 0.29) is 18.0 Å². The predicted molar refractivity (Wildman–Crippen MR) is 144 cm³/mol. The van der Waals surface area contributed by atoms with Crippen molar-refractivity contribution >= 4 is 17.8 Å². The highest BCUT2D eigenvalue weighted by Gasteiger charge is 2.47.